The van der Waals surface area contributed by atoms with Crippen LogP contribution in [0.2, 0.25) is 0 Å². The number of rotatable bonds is 6. The number of ether oxygens (including phenoxy) is 1. The van der Waals surface area contributed by atoms with Crippen LogP contribution in [0.3, 0.4) is 0 Å². The van der Waals surface area contributed by atoms with Crippen LogP contribution in [0.5, 0.6) is 0 Å². The van der Waals surface area contributed by atoms with Gasteiger partial charge >= 0.3 is 6.18 Å². The lowest BCUT2D eigenvalue weighted by Gasteiger charge is -2.13. The van der Waals surface area contributed by atoms with Gasteiger partial charge in [0.25, 0.3) is 5.91 Å². The fraction of sp³-hybridized carbons (Fsp3) is 0.462. The van der Waals surface area contributed by atoms with Gasteiger partial charge in [-0.2, -0.15) is 13.2 Å². The summed E-state index contributed by atoms with van der Waals surface area (Å²) in [7, 11) is 3.70. The van der Waals surface area contributed by atoms with Crippen LogP contribution < -0.4 is 10.2 Å². The molecule has 20 heavy (non-hydrogen) atoms. The molecule has 1 aromatic rings. The maximum atomic E-state index is 11.8. The zero-order valence-electron chi connectivity index (χ0n) is 11.3. The van der Waals surface area contributed by atoms with E-state index in [-0.39, 0.29) is 19.1 Å². The Kier molecular flexibility index (Phi) is 5.82. The first-order chi connectivity index (χ1) is 9.29. The minimum absolute atomic E-state index is 0.0289. The van der Waals surface area contributed by atoms with Gasteiger partial charge < -0.3 is 15.0 Å². The molecule has 0 atom stereocenters. The molecule has 1 rings (SSSR count). The van der Waals surface area contributed by atoms with Crippen molar-refractivity contribution in [3.05, 3.63) is 29.8 Å². The number of nitrogens with zero attached hydrogens (tertiary/aromatic N) is 1. The second kappa shape index (κ2) is 7.14. The predicted octanol–water partition coefficient (Wildman–Crippen LogP) is 2.06. The van der Waals surface area contributed by atoms with Crippen LogP contribution in [0.15, 0.2) is 24.3 Å². The third-order valence-electron chi connectivity index (χ3n) is 2.42. The Hall–Kier alpha value is -1.76. The lowest BCUT2D eigenvalue weighted by molar-refractivity contribution is -0.173. The molecule has 0 aliphatic heterocycles. The van der Waals surface area contributed by atoms with Gasteiger partial charge in [-0.05, 0) is 18.2 Å². The number of anilines is 1. The highest BCUT2D eigenvalue weighted by Crippen LogP contribution is 2.14. The van der Waals surface area contributed by atoms with E-state index in [4.69, 9.17) is 0 Å². The fourth-order valence-electron chi connectivity index (χ4n) is 1.45. The van der Waals surface area contributed by atoms with Gasteiger partial charge in [0.05, 0.1) is 6.61 Å². The number of nitrogens with one attached hydrogen (secondary N) is 1. The van der Waals surface area contributed by atoms with Crippen molar-refractivity contribution in [2.45, 2.75) is 6.18 Å². The summed E-state index contributed by atoms with van der Waals surface area (Å²) >= 11 is 0. The lowest BCUT2D eigenvalue weighted by atomic mass is 10.2. The van der Waals surface area contributed by atoms with Gasteiger partial charge in [-0.15, -0.1) is 0 Å². The van der Waals surface area contributed by atoms with Crippen molar-refractivity contribution in [1.82, 2.24) is 5.32 Å². The summed E-state index contributed by atoms with van der Waals surface area (Å²) in [4.78, 5) is 13.6. The van der Waals surface area contributed by atoms with E-state index in [1.54, 1.807) is 18.2 Å². The average Bonchev–Trinajstić information content (AvgIpc) is 2.37. The van der Waals surface area contributed by atoms with Crippen LogP contribution in [0, 0.1) is 0 Å². The van der Waals surface area contributed by atoms with Crippen LogP contribution in [0.4, 0.5) is 18.9 Å². The average molecular weight is 290 g/mol. The molecule has 0 saturated carbocycles. The molecule has 0 heterocycles. The van der Waals surface area contributed by atoms with E-state index in [9.17, 15) is 18.0 Å². The van der Waals surface area contributed by atoms with Gasteiger partial charge in [-0.25, -0.2) is 0 Å². The van der Waals surface area contributed by atoms with E-state index in [0.717, 1.165) is 5.69 Å². The first-order valence-electron chi connectivity index (χ1n) is 5.99. The molecular formula is C13H17F3N2O2. The summed E-state index contributed by atoms with van der Waals surface area (Å²) in [6.07, 6.45) is -4.34. The van der Waals surface area contributed by atoms with Crippen molar-refractivity contribution < 1.29 is 22.7 Å². The highest BCUT2D eigenvalue weighted by molar-refractivity contribution is 5.95. The molecule has 4 nitrogen and oxygen atoms in total. The Bertz CT molecular complexity index is 447. The van der Waals surface area contributed by atoms with Crippen LogP contribution in [0.1, 0.15) is 10.4 Å². The van der Waals surface area contributed by atoms with E-state index in [1.165, 1.54) is 0 Å². The molecule has 0 bridgehead atoms. The highest BCUT2D eigenvalue weighted by atomic mass is 19.4. The number of alkyl halides is 3. The summed E-state index contributed by atoms with van der Waals surface area (Å²) in [6.45, 7) is -1.46. The number of hydrogen-bond donors (Lipinski definition) is 1. The highest BCUT2D eigenvalue weighted by Gasteiger charge is 2.27. The van der Waals surface area contributed by atoms with Gasteiger partial charge in [-0.3, -0.25) is 4.79 Å². The smallest absolute Gasteiger partial charge is 0.378 e. The quantitative estimate of drug-likeness (QED) is 0.815. The maximum absolute atomic E-state index is 11.8. The molecule has 0 unspecified atom stereocenters. The topological polar surface area (TPSA) is 41.6 Å². The Balaban J connectivity index is 2.38. The molecule has 0 aromatic heterocycles. The lowest BCUT2D eigenvalue weighted by Crippen LogP contribution is -2.29. The van der Waals surface area contributed by atoms with E-state index in [2.05, 4.69) is 10.1 Å². The van der Waals surface area contributed by atoms with Crippen LogP contribution >= 0.6 is 0 Å². The normalized spacial score (nSPS) is 11.2. The Morgan fingerprint density at radius 3 is 2.65 bits per heavy atom. The monoisotopic (exact) mass is 290 g/mol. The number of carbonyl (C=O) groups excluding carboxylic acids is 1. The van der Waals surface area contributed by atoms with E-state index in [1.807, 2.05) is 25.1 Å². The van der Waals surface area contributed by atoms with E-state index < -0.39 is 12.8 Å². The fourth-order valence-corrected chi connectivity index (χ4v) is 1.45. The Morgan fingerprint density at radius 2 is 2.05 bits per heavy atom. The molecule has 0 radical (unpaired) electrons. The van der Waals surface area contributed by atoms with Gasteiger partial charge in [0.2, 0.25) is 0 Å². The van der Waals surface area contributed by atoms with Gasteiger partial charge in [0, 0.05) is 31.9 Å². The van der Waals surface area contributed by atoms with Gasteiger partial charge in [-0.1, -0.05) is 6.07 Å². The number of carbonyl (C=O) groups is 1. The molecular weight excluding hydrogens is 273 g/mol. The van der Waals surface area contributed by atoms with Gasteiger partial charge in [0.1, 0.15) is 6.61 Å². The molecule has 1 N–H and O–H groups in total. The molecule has 0 saturated heterocycles. The summed E-state index contributed by atoms with van der Waals surface area (Å²) in [6, 6.07) is 6.93. The van der Waals surface area contributed by atoms with E-state index >= 15 is 0 Å². The maximum Gasteiger partial charge on any atom is 0.411 e. The van der Waals surface area contributed by atoms with Crippen molar-refractivity contribution in [2.24, 2.45) is 0 Å². The first kappa shape index (κ1) is 16.3. The molecule has 7 heteroatoms. The molecule has 1 amide bonds. The Labute approximate surface area is 115 Å². The van der Waals surface area contributed by atoms with Crippen LogP contribution in [-0.4, -0.2) is 45.9 Å². The third-order valence-corrected chi connectivity index (χ3v) is 2.42. The minimum Gasteiger partial charge on any atom is -0.378 e. The third kappa shape index (κ3) is 5.92. The number of halogens is 3. The molecule has 0 aliphatic rings. The molecule has 112 valence electrons. The summed E-state index contributed by atoms with van der Waals surface area (Å²) in [5.74, 6) is -0.343. The second-order valence-corrected chi connectivity index (χ2v) is 4.37. The number of hydrogen-bond acceptors (Lipinski definition) is 3. The zero-order chi connectivity index (χ0) is 15.2. The van der Waals surface area contributed by atoms with Crippen molar-refractivity contribution in [3.8, 4) is 0 Å². The molecule has 1 aromatic carbocycles. The zero-order valence-corrected chi connectivity index (χ0v) is 11.3. The largest absolute Gasteiger partial charge is 0.411 e. The van der Waals surface area contributed by atoms with Crippen molar-refractivity contribution >= 4 is 11.6 Å². The number of benzene rings is 1. The van der Waals surface area contributed by atoms with Crippen molar-refractivity contribution in [3.63, 3.8) is 0 Å². The van der Waals surface area contributed by atoms with Crippen molar-refractivity contribution in [1.29, 1.82) is 0 Å². The summed E-state index contributed by atoms with van der Waals surface area (Å²) in [5, 5.41) is 2.50. The molecule has 0 spiro atoms. The van der Waals surface area contributed by atoms with Crippen molar-refractivity contribution in [2.75, 3.05) is 38.8 Å². The minimum atomic E-state index is -4.34. The van der Waals surface area contributed by atoms with Crippen LogP contribution in [-0.2, 0) is 4.74 Å². The molecule has 0 fully saturated rings. The number of amides is 1. The standard InChI is InChI=1S/C13H17F3N2O2/c1-18(2)11-5-3-4-10(8-11)12(19)17-6-7-20-9-13(14,15)16/h3-5,8H,6-7,9H2,1-2H3,(H,17,19). The first-order valence-corrected chi connectivity index (χ1v) is 5.99. The predicted molar refractivity (Wildman–Crippen MR) is 70.0 cm³/mol. The van der Waals surface area contributed by atoms with Gasteiger partial charge in [0.15, 0.2) is 0 Å². The summed E-state index contributed by atoms with van der Waals surface area (Å²) < 4.78 is 39.8. The second-order valence-electron chi connectivity index (χ2n) is 4.37. The van der Waals surface area contributed by atoms with E-state index in [0.29, 0.717) is 5.56 Å². The summed E-state index contributed by atoms with van der Waals surface area (Å²) in [5.41, 5.74) is 1.32. The Morgan fingerprint density at radius 1 is 1.35 bits per heavy atom. The molecule has 0 aliphatic carbocycles. The van der Waals surface area contributed by atoms with Crippen LogP contribution in [0.25, 0.3) is 0 Å². The SMILES string of the molecule is CN(C)c1cccc(C(=O)NCCOCC(F)(F)F)c1.